The maximum Gasteiger partial charge on any atom is 0.312 e. The molecule has 0 fully saturated rings. The molecule has 16 heavy (non-hydrogen) atoms. The summed E-state index contributed by atoms with van der Waals surface area (Å²) in [7, 11) is 2.99. The van der Waals surface area contributed by atoms with E-state index in [1.807, 2.05) is 0 Å². The number of nitrogens with zero attached hydrogens (tertiary/aromatic N) is 2. The van der Waals surface area contributed by atoms with Crippen LogP contribution in [0.4, 0.5) is 5.69 Å². The van der Waals surface area contributed by atoms with E-state index in [2.05, 4.69) is 15.9 Å². The number of carbonyl (C=O) groups excluding carboxylic acids is 1. The molecule has 6 nitrogen and oxygen atoms in total. The summed E-state index contributed by atoms with van der Waals surface area (Å²) in [5.41, 5.74) is -0.606. The quantitative estimate of drug-likeness (QED) is 0.664. The predicted molar refractivity (Wildman–Crippen MR) is 60.5 cm³/mol. The first kappa shape index (κ1) is 12.4. The molecule has 0 radical (unpaired) electrons. The average molecular weight is 289 g/mol. The Morgan fingerprint density at radius 3 is 2.50 bits per heavy atom. The van der Waals surface area contributed by atoms with Gasteiger partial charge in [-0.15, -0.1) is 0 Å². The van der Waals surface area contributed by atoms with Crippen LogP contribution < -0.4 is 0 Å². The van der Waals surface area contributed by atoms with Gasteiger partial charge in [-0.2, -0.15) is 0 Å². The Labute approximate surface area is 99.8 Å². The van der Waals surface area contributed by atoms with Crippen molar-refractivity contribution < 1.29 is 14.8 Å². The number of carbonyl (C=O) groups is 1. The number of nitro benzene ring substituents is 1. The molecule has 0 aliphatic rings. The molecule has 0 aliphatic heterocycles. The smallest absolute Gasteiger partial charge is 0.312 e. The standard InChI is InChI=1S/C9H9BrN2O4/c1-11(2)9(14)6-3-5(10)4-7(8(6)13)12(15)16/h3-4,13H,1-2H3. The maximum absolute atomic E-state index is 11.6. The van der Waals surface area contributed by atoms with Crippen LogP contribution in [0, 0.1) is 10.1 Å². The van der Waals surface area contributed by atoms with E-state index in [1.54, 1.807) is 0 Å². The summed E-state index contributed by atoms with van der Waals surface area (Å²) in [4.78, 5) is 22.7. The van der Waals surface area contributed by atoms with Gasteiger partial charge < -0.3 is 10.0 Å². The lowest BCUT2D eigenvalue weighted by atomic mass is 10.1. The number of aromatic hydroxyl groups is 1. The van der Waals surface area contributed by atoms with E-state index in [-0.39, 0.29) is 5.56 Å². The van der Waals surface area contributed by atoms with Crippen LogP contribution in [0.2, 0.25) is 0 Å². The zero-order valence-electron chi connectivity index (χ0n) is 8.60. The first-order valence-corrected chi connectivity index (χ1v) is 5.02. The third-order valence-corrected chi connectivity index (χ3v) is 2.35. The number of phenolic OH excluding ortho intramolecular Hbond substituents is 1. The first-order valence-electron chi connectivity index (χ1n) is 4.23. The summed E-state index contributed by atoms with van der Waals surface area (Å²) in [6.45, 7) is 0. The number of hydrogen-bond acceptors (Lipinski definition) is 4. The van der Waals surface area contributed by atoms with E-state index in [0.29, 0.717) is 4.47 Å². The predicted octanol–water partition coefficient (Wildman–Crippen LogP) is 1.76. The van der Waals surface area contributed by atoms with E-state index in [4.69, 9.17) is 0 Å². The van der Waals surface area contributed by atoms with Crippen molar-refractivity contribution in [1.82, 2.24) is 4.90 Å². The minimum Gasteiger partial charge on any atom is -0.502 e. The second kappa shape index (κ2) is 4.48. The number of hydrogen-bond donors (Lipinski definition) is 1. The van der Waals surface area contributed by atoms with E-state index >= 15 is 0 Å². The molecule has 0 unspecified atom stereocenters. The highest BCUT2D eigenvalue weighted by molar-refractivity contribution is 9.10. The van der Waals surface area contributed by atoms with Gasteiger partial charge in [0.25, 0.3) is 5.91 Å². The fourth-order valence-corrected chi connectivity index (χ4v) is 1.57. The van der Waals surface area contributed by atoms with Crippen molar-refractivity contribution in [3.05, 3.63) is 32.3 Å². The zero-order valence-corrected chi connectivity index (χ0v) is 10.2. The normalized spacial score (nSPS) is 9.94. The molecule has 1 amide bonds. The zero-order chi connectivity index (χ0) is 12.5. The lowest BCUT2D eigenvalue weighted by molar-refractivity contribution is -0.386. The largest absolute Gasteiger partial charge is 0.502 e. The van der Waals surface area contributed by atoms with Gasteiger partial charge in [-0.25, -0.2) is 0 Å². The number of amides is 1. The molecule has 1 rings (SSSR count). The summed E-state index contributed by atoms with van der Waals surface area (Å²) in [5.74, 6) is -1.12. The summed E-state index contributed by atoms with van der Waals surface area (Å²) in [6.07, 6.45) is 0. The van der Waals surface area contributed by atoms with Crippen LogP contribution in [0.1, 0.15) is 10.4 Å². The number of phenols is 1. The fraction of sp³-hybridized carbons (Fsp3) is 0.222. The molecule has 0 aromatic heterocycles. The van der Waals surface area contributed by atoms with Gasteiger partial charge in [0.05, 0.1) is 10.5 Å². The van der Waals surface area contributed by atoms with Crippen LogP contribution in [0.3, 0.4) is 0 Å². The average Bonchev–Trinajstić information content (AvgIpc) is 2.19. The van der Waals surface area contributed by atoms with Gasteiger partial charge >= 0.3 is 5.69 Å². The van der Waals surface area contributed by atoms with Gasteiger partial charge in [-0.3, -0.25) is 14.9 Å². The summed E-state index contributed by atoms with van der Waals surface area (Å²) in [6, 6.07) is 2.48. The van der Waals surface area contributed by atoms with E-state index in [9.17, 15) is 20.0 Å². The molecule has 0 atom stereocenters. The van der Waals surface area contributed by atoms with Crippen LogP contribution in [-0.2, 0) is 0 Å². The van der Waals surface area contributed by atoms with Crippen molar-refractivity contribution in [3.63, 3.8) is 0 Å². The second-order valence-electron chi connectivity index (χ2n) is 3.28. The first-order chi connectivity index (χ1) is 7.34. The van der Waals surface area contributed by atoms with Gasteiger partial charge in [-0.05, 0) is 6.07 Å². The molecule has 0 heterocycles. The van der Waals surface area contributed by atoms with E-state index in [1.165, 1.54) is 25.1 Å². The number of rotatable bonds is 2. The Morgan fingerprint density at radius 1 is 1.50 bits per heavy atom. The molecule has 1 aromatic carbocycles. The van der Waals surface area contributed by atoms with Crippen LogP contribution in [0.25, 0.3) is 0 Å². The van der Waals surface area contributed by atoms with E-state index in [0.717, 1.165) is 6.07 Å². The Balaban J connectivity index is 3.41. The highest BCUT2D eigenvalue weighted by Gasteiger charge is 2.23. The third kappa shape index (κ3) is 2.30. The van der Waals surface area contributed by atoms with Crippen molar-refractivity contribution in [2.45, 2.75) is 0 Å². The minimum atomic E-state index is -0.744. The molecule has 1 aromatic rings. The monoisotopic (exact) mass is 288 g/mol. The Bertz CT molecular complexity index is 459. The van der Waals surface area contributed by atoms with Crippen molar-refractivity contribution >= 4 is 27.5 Å². The van der Waals surface area contributed by atoms with Crippen LogP contribution in [0.15, 0.2) is 16.6 Å². The lowest BCUT2D eigenvalue weighted by Crippen LogP contribution is -2.21. The van der Waals surface area contributed by atoms with Gasteiger partial charge in [-0.1, -0.05) is 15.9 Å². The third-order valence-electron chi connectivity index (χ3n) is 1.89. The molecule has 0 spiro atoms. The van der Waals surface area contributed by atoms with Gasteiger partial charge in [0.2, 0.25) is 5.75 Å². The Kier molecular flexibility index (Phi) is 3.48. The van der Waals surface area contributed by atoms with Crippen molar-refractivity contribution in [3.8, 4) is 5.75 Å². The van der Waals surface area contributed by atoms with Crippen LogP contribution >= 0.6 is 15.9 Å². The molecular formula is C9H9BrN2O4. The lowest BCUT2D eigenvalue weighted by Gasteiger charge is -2.11. The topological polar surface area (TPSA) is 83.7 Å². The molecular weight excluding hydrogens is 280 g/mol. The van der Waals surface area contributed by atoms with Crippen molar-refractivity contribution in [2.24, 2.45) is 0 Å². The van der Waals surface area contributed by atoms with Gasteiger partial charge in [0, 0.05) is 24.6 Å². The number of halogens is 1. The highest BCUT2D eigenvalue weighted by Crippen LogP contribution is 2.33. The second-order valence-corrected chi connectivity index (χ2v) is 4.19. The summed E-state index contributed by atoms with van der Waals surface area (Å²) >= 11 is 3.05. The maximum atomic E-state index is 11.6. The highest BCUT2D eigenvalue weighted by atomic mass is 79.9. The van der Waals surface area contributed by atoms with Crippen LogP contribution in [-0.4, -0.2) is 34.9 Å². The van der Waals surface area contributed by atoms with E-state index < -0.39 is 22.3 Å². The minimum absolute atomic E-state index is 0.105. The Morgan fingerprint density at radius 2 is 2.06 bits per heavy atom. The molecule has 7 heteroatoms. The SMILES string of the molecule is CN(C)C(=O)c1cc(Br)cc([N+](=O)[O-])c1O. The van der Waals surface area contributed by atoms with Gasteiger partial charge in [0.1, 0.15) is 0 Å². The molecule has 86 valence electrons. The van der Waals surface area contributed by atoms with Crippen molar-refractivity contribution in [2.75, 3.05) is 14.1 Å². The molecule has 0 saturated heterocycles. The van der Waals surface area contributed by atoms with Gasteiger partial charge in [0.15, 0.2) is 0 Å². The molecule has 1 N–H and O–H groups in total. The number of nitro groups is 1. The number of benzene rings is 1. The molecule has 0 bridgehead atoms. The Hall–Kier alpha value is -1.63. The summed E-state index contributed by atoms with van der Waals surface area (Å²) in [5, 5.41) is 20.2. The fourth-order valence-electron chi connectivity index (χ4n) is 1.13. The summed E-state index contributed by atoms with van der Waals surface area (Å²) < 4.78 is 0.363. The molecule has 0 saturated carbocycles. The van der Waals surface area contributed by atoms with Crippen molar-refractivity contribution in [1.29, 1.82) is 0 Å². The van der Waals surface area contributed by atoms with Crippen LogP contribution in [0.5, 0.6) is 5.75 Å². The molecule has 0 aliphatic carbocycles.